The summed E-state index contributed by atoms with van der Waals surface area (Å²) in [4.78, 5) is 0. The predicted molar refractivity (Wildman–Crippen MR) is 124 cm³/mol. The van der Waals surface area contributed by atoms with Crippen LogP contribution in [0.2, 0.25) is 0 Å². The van der Waals surface area contributed by atoms with E-state index >= 15 is 0 Å². The van der Waals surface area contributed by atoms with Crippen molar-refractivity contribution < 1.29 is 39.5 Å². The Morgan fingerprint density at radius 1 is 0.562 bits per heavy atom. The summed E-state index contributed by atoms with van der Waals surface area (Å²) in [6, 6.07) is 0. The third-order valence-electron chi connectivity index (χ3n) is 5.33. The second-order valence-electron chi connectivity index (χ2n) is 8.71. The summed E-state index contributed by atoms with van der Waals surface area (Å²) in [6.45, 7) is 13.3. The number of halogens is 6. The van der Waals surface area contributed by atoms with E-state index in [1.807, 2.05) is 0 Å². The van der Waals surface area contributed by atoms with Gasteiger partial charge in [0.25, 0.3) is 0 Å². The molecule has 0 aliphatic rings. The Hall–Kier alpha value is -0.110. The van der Waals surface area contributed by atoms with Gasteiger partial charge in [-0.15, -0.1) is 0 Å². The van der Waals surface area contributed by atoms with Gasteiger partial charge >= 0.3 is 33.0 Å². The van der Waals surface area contributed by atoms with Crippen molar-refractivity contribution >= 4 is 7.81 Å². The fourth-order valence-electron chi connectivity index (χ4n) is 3.98. The Morgan fingerprint density at radius 2 is 0.969 bits per heavy atom. The van der Waals surface area contributed by atoms with E-state index in [4.69, 9.17) is 9.84 Å². The number of aliphatic hydroxyl groups is 1. The molecule has 0 saturated heterocycles. The van der Waals surface area contributed by atoms with Crippen molar-refractivity contribution in [2.24, 2.45) is 0 Å². The second kappa shape index (κ2) is 16.5. The van der Waals surface area contributed by atoms with Crippen molar-refractivity contribution in [1.82, 2.24) is 0 Å². The molecule has 10 heteroatoms. The van der Waals surface area contributed by atoms with Crippen molar-refractivity contribution in [3.05, 3.63) is 0 Å². The molecule has 0 aromatic heterocycles. The fourth-order valence-corrected chi connectivity index (χ4v) is 3.98. The topological polar surface area (TPSA) is 29.5 Å². The summed E-state index contributed by atoms with van der Waals surface area (Å²) in [5.41, 5.74) is 0. The SMILES string of the molecule is CCCCCCCCCCCC[N+](CCC)(CCC)CCOCCO.F[P-](F)(F)(F)(F)F. The Labute approximate surface area is 191 Å². The third-order valence-corrected chi connectivity index (χ3v) is 5.33. The average Bonchev–Trinajstić information content (AvgIpc) is 2.65. The zero-order chi connectivity index (χ0) is 25.1. The third kappa shape index (κ3) is 32.1. The fraction of sp³-hybridized carbons (Fsp3) is 1.00. The Bertz CT molecular complexity index is 417. The van der Waals surface area contributed by atoms with Crippen LogP contribution in [-0.2, 0) is 4.74 Å². The molecule has 0 bridgehead atoms. The molecule has 0 aliphatic carbocycles. The number of unbranched alkanes of at least 4 members (excludes halogenated alkanes) is 9. The van der Waals surface area contributed by atoms with Crippen LogP contribution in [0, 0.1) is 0 Å². The van der Waals surface area contributed by atoms with Crippen LogP contribution in [0.1, 0.15) is 97.8 Å². The van der Waals surface area contributed by atoms with Crippen LogP contribution in [0.15, 0.2) is 0 Å². The monoisotopic (exact) mass is 503 g/mol. The molecule has 32 heavy (non-hydrogen) atoms. The van der Waals surface area contributed by atoms with E-state index in [2.05, 4.69) is 20.8 Å². The van der Waals surface area contributed by atoms with Crippen molar-refractivity contribution in [2.75, 3.05) is 46.0 Å². The number of quaternary nitrogens is 1. The molecule has 0 heterocycles. The molecule has 0 atom stereocenters. The molecular formula is C22H48F6NO2P. The summed E-state index contributed by atoms with van der Waals surface area (Å²) in [5, 5.41) is 8.88. The molecule has 0 aromatic rings. The molecule has 200 valence electrons. The summed E-state index contributed by atoms with van der Waals surface area (Å²) in [7, 11) is -10.7. The van der Waals surface area contributed by atoms with Gasteiger partial charge in [-0.25, -0.2) is 0 Å². The minimum atomic E-state index is -10.7. The molecular weight excluding hydrogens is 455 g/mol. The Balaban J connectivity index is 0. The van der Waals surface area contributed by atoms with Crippen LogP contribution in [-0.4, -0.2) is 55.6 Å². The van der Waals surface area contributed by atoms with Gasteiger partial charge in [-0.1, -0.05) is 72.1 Å². The summed E-state index contributed by atoms with van der Waals surface area (Å²) in [6.07, 6.45) is 16.6. The molecule has 0 radical (unpaired) electrons. The standard InChI is InChI=1S/C22H48NO2.F6P/c1-4-7-8-9-10-11-12-13-14-15-18-23(16-5-2,17-6-3)19-21-25-22-20-24;1-7(2,3,4,5)6/h24H,4-22H2,1-3H3;/q+1;-1. The molecule has 0 rings (SSSR count). The molecule has 0 amide bonds. The van der Waals surface area contributed by atoms with Gasteiger partial charge in [-0.3, -0.25) is 0 Å². The molecule has 0 unspecified atom stereocenters. The molecule has 0 aromatic carbocycles. The van der Waals surface area contributed by atoms with Gasteiger partial charge in [-0.05, 0) is 25.7 Å². The van der Waals surface area contributed by atoms with Crippen LogP contribution in [0.5, 0.6) is 0 Å². The first-order chi connectivity index (χ1) is 14.7. The van der Waals surface area contributed by atoms with E-state index in [-0.39, 0.29) is 6.61 Å². The molecule has 1 N–H and O–H groups in total. The van der Waals surface area contributed by atoms with Crippen LogP contribution >= 0.6 is 7.81 Å². The number of rotatable bonds is 20. The van der Waals surface area contributed by atoms with E-state index < -0.39 is 7.81 Å². The molecule has 0 spiro atoms. The molecule has 0 fully saturated rings. The Kier molecular flexibility index (Phi) is 17.6. The van der Waals surface area contributed by atoms with Gasteiger partial charge in [0.05, 0.1) is 39.5 Å². The van der Waals surface area contributed by atoms with E-state index in [1.165, 1.54) is 101 Å². The van der Waals surface area contributed by atoms with E-state index in [0.29, 0.717) is 6.61 Å². The van der Waals surface area contributed by atoms with Crippen LogP contribution in [0.4, 0.5) is 25.2 Å². The van der Waals surface area contributed by atoms with Crippen molar-refractivity contribution in [2.45, 2.75) is 97.8 Å². The number of hydrogen-bond acceptors (Lipinski definition) is 2. The maximum atomic E-state index is 9.87. The van der Waals surface area contributed by atoms with Crippen molar-refractivity contribution in [3.63, 3.8) is 0 Å². The average molecular weight is 504 g/mol. The Morgan fingerprint density at radius 3 is 1.34 bits per heavy atom. The summed E-state index contributed by atoms with van der Waals surface area (Å²) < 4.78 is 66.0. The van der Waals surface area contributed by atoms with Crippen molar-refractivity contribution in [3.8, 4) is 0 Å². The quantitative estimate of drug-likeness (QED) is 0.0778. The number of hydrogen-bond donors (Lipinski definition) is 1. The normalized spacial score (nSPS) is 14.4. The number of ether oxygens (including phenoxy) is 1. The van der Waals surface area contributed by atoms with E-state index in [1.54, 1.807) is 0 Å². The van der Waals surface area contributed by atoms with Gasteiger partial charge in [0, 0.05) is 0 Å². The number of nitrogens with zero attached hydrogens (tertiary/aromatic N) is 1. The first kappa shape index (κ1) is 34.1. The maximum absolute atomic E-state index is 10.7. The van der Waals surface area contributed by atoms with Crippen LogP contribution in [0.25, 0.3) is 0 Å². The first-order valence-electron chi connectivity index (χ1n) is 12.3. The van der Waals surface area contributed by atoms with E-state index in [0.717, 1.165) is 13.2 Å². The molecule has 0 saturated carbocycles. The summed E-state index contributed by atoms with van der Waals surface area (Å²) in [5.74, 6) is 0. The number of aliphatic hydroxyl groups excluding tert-OH is 1. The molecule has 0 aliphatic heterocycles. The van der Waals surface area contributed by atoms with Gasteiger partial charge in [0.1, 0.15) is 6.54 Å². The molecule has 3 nitrogen and oxygen atoms in total. The van der Waals surface area contributed by atoms with Gasteiger partial charge < -0.3 is 14.3 Å². The van der Waals surface area contributed by atoms with Gasteiger partial charge in [0.2, 0.25) is 0 Å². The zero-order valence-corrected chi connectivity index (χ0v) is 21.3. The predicted octanol–water partition coefficient (Wildman–Crippen LogP) is 8.94. The van der Waals surface area contributed by atoms with Crippen molar-refractivity contribution in [1.29, 1.82) is 0 Å². The first-order valence-corrected chi connectivity index (χ1v) is 14.3. The summed E-state index contributed by atoms with van der Waals surface area (Å²) >= 11 is 0. The van der Waals surface area contributed by atoms with Gasteiger partial charge in [-0.2, -0.15) is 0 Å². The minimum absolute atomic E-state index is 0.139. The van der Waals surface area contributed by atoms with E-state index in [9.17, 15) is 25.2 Å². The van der Waals surface area contributed by atoms with Gasteiger partial charge in [0.15, 0.2) is 0 Å². The zero-order valence-electron chi connectivity index (χ0n) is 20.5. The second-order valence-corrected chi connectivity index (χ2v) is 10.6. The van der Waals surface area contributed by atoms with Crippen LogP contribution < -0.4 is 0 Å². The van der Waals surface area contributed by atoms with Crippen LogP contribution in [0.3, 0.4) is 0 Å².